The highest BCUT2D eigenvalue weighted by Crippen LogP contribution is 2.38. The molecular weight excluding hydrogens is 250 g/mol. The molecule has 0 radical (unpaired) electrons. The normalized spacial score (nSPS) is 22.0. The molecule has 112 valence electrons. The third-order valence-electron chi connectivity index (χ3n) is 4.04. The van der Waals surface area contributed by atoms with E-state index in [1.807, 2.05) is 13.8 Å². The van der Waals surface area contributed by atoms with E-state index in [9.17, 15) is 0 Å². The molecule has 20 heavy (non-hydrogen) atoms. The smallest absolute Gasteiger partial charge is 0.169 e. The van der Waals surface area contributed by atoms with Gasteiger partial charge in [0.2, 0.25) is 0 Å². The number of hydrogen-bond donors (Lipinski definition) is 1. The van der Waals surface area contributed by atoms with Crippen molar-refractivity contribution in [3.8, 4) is 0 Å². The minimum absolute atomic E-state index is 0.109. The van der Waals surface area contributed by atoms with Gasteiger partial charge in [-0.05, 0) is 50.7 Å². The second-order valence-corrected chi connectivity index (χ2v) is 5.47. The summed E-state index contributed by atoms with van der Waals surface area (Å²) in [6.45, 7) is 8.39. The number of aryl methyl sites for hydroxylation is 1. The van der Waals surface area contributed by atoms with E-state index in [0.29, 0.717) is 25.2 Å². The predicted molar refractivity (Wildman–Crippen MR) is 82.0 cm³/mol. The molecule has 1 saturated carbocycles. The summed E-state index contributed by atoms with van der Waals surface area (Å²) in [4.78, 5) is 0. The maximum atomic E-state index is 5.55. The topological polar surface area (TPSA) is 30.5 Å². The molecule has 1 N–H and O–H groups in total. The van der Waals surface area contributed by atoms with E-state index in [4.69, 9.17) is 9.47 Å². The summed E-state index contributed by atoms with van der Waals surface area (Å²) in [7, 11) is 0. The van der Waals surface area contributed by atoms with Crippen molar-refractivity contribution in [2.75, 3.05) is 19.8 Å². The Morgan fingerprint density at radius 2 is 1.80 bits per heavy atom. The molecule has 0 spiro atoms. The van der Waals surface area contributed by atoms with E-state index in [1.54, 1.807) is 0 Å². The first-order valence-electron chi connectivity index (χ1n) is 7.76. The monoisotopic (exact) mass is 277 g/mol. The third-order valence-corrected chi connectivity index (χ3v) is 4.04. The van der Waals surface area contributed by atoms with Crippen molar-refractivity contribution < 1.29 is 9.47 Å². The van der Waals surface area contributed by atoms with Crippen LogP contribution in [0.3, 0.4) is 0 Å². The summed E-state index contributed by atoms with van der Waals surface area (Å²) in [6, 6.07) is 9.32. The number of nitrogens with one attached hydrogen (secondary N) is 1. The van der Waals surface area contributed by atoms with Crippen LogP contribution in [0.15, 0.2) is 24.3 Å². The van der Waals surface area contributed by atoms with Crippen molar-refractivity contribution in [1.82, 2.24) is 5.32 Å². The molecule has 0 bridgehead atoms. The molecule has 0 aromatic heterocycles. The lowest BCUT2D eigenvalue weighted by atomic mass is 9.74. The molecule has 0 aliphatic heterocycles. The molecule has 0 heterocycles. The summed E-state index contributed by atoms with van der Waals surface area (Å²) < 4.78 is 11.1. The standard InChI is InChI=1S/C17H27NO2/c1-4-19-17(20-5-2)12-18-15-10-14(11-15)16-9-7-6-8-13(16)3/h6-9,14-15,17-18H,4-5,10-12H2,1-3H3. The number of ether oxygens (including phenoxy) is 2. The van der Waals surface area contributed by atoms with E-state index >= 15 is 0 Å². The molecule has 2 rings (SSSR count). The van der Waals surface area contributed by atoms with Crippen molar-refractivity contribution in [3.05, 3.63) is 35.4 Å². The Morgan fingerprint density at radius 3 is 2.40 bits per heavy atom. The zero-order valence-electron chi connectivity index (χ0n) is 12.9. The fraction of sp³-hybridized carbons (Fsp3) is 0.647. The Bertz CT molecular complexity index is 396. The summed E-state index contributed by atoms with van der Waals surface area (Å²) in [5, 5.41) is 3.56. The van der Waals surface area contributed by atoms with Crippen LogP contribution in [0.2, 0.25) is 0 Å². The van der Waals surface area contributed by atoms with E-state index in [1.165, 1.54) is 24.0 Å². The predicted octanol–water partition coefficient (Wildman–Crippen LogP) is 3.23. The van der Waals surface area contributed by atoms with E-state index < -0.39 is 0 Å². The Labute approximate surface area is 122 Å². The van der Waals surface area contributed by atoms with Crippen LogP contribution in [-0.2, 0) is 9.47 Å². The van der Waals surface area contributed by atoms with Crippen LogP contribution in [0.25, 0.3) is 0 Å². The minimum atomic E-state index is -0.109. The van der Waals surface area contributed by atoms with Crippen molar-refractivity contribution >= 4 is 0 Å². The number of hydrogen-bond acceptors (Lipinski definition) is 3. The van der Waals surface area contributed by atoms with Gasteiger partial charge in [0.15, 0.2) is 6.29 Å². The summed E-state index contributed by atoms with van der Waals surface area (Å²) in [5.41, 5.74) is 2.93. The van der Waals surface area contributed by atoms with Crippen LogP contribution >= 0.6 is 0 Å². The summed E-state index contributed by atoms with van der Waals surface area (Å²) in [6.07, 6.45) is 2.33. The molecule has 0 amide bonds. The Morgan fingerprint density at radius 1 is 1.15 bits per heavy atom. The molecule has 0 unspecified atom stereocenters. The van der Waals surface area contributed by atoms with Gasteiger partial charge < -0.3 is 14.8 Å². The molecule has 1 fully saturated rings. The maximum Gasteiger partial charge on any atom is 0.169 e. The minimum Gasteiger partial charge on any atom is -0.352 e. The lowest BCUT2D eigenvalue weighted by Crippen LogP contribution is -2.44. The first kappa shape index (κ1) is 15.5. The van der Waals surface area contributed by atoms with Crippen molar-refractivity contribution in [2.45, 2.75) is 51.9 Å². The average Bonchev–Trinajstić information content (AvgIpc) is 2.39. The van der Waals surface area contributed by atoms with Crippen LogP contribution in [0.1, 0.15) is 43.7 Å². The molecule has 1 aromatic rings. The molecular formula is C17H27NO2. The van der Waals surface area contributed by atoms with Crippen molar-refractivity contribution in [1.29, 1.82) is 0 Å². The van der Waals surface area contributed by atoms with Gasteiger partial charge >= 0.3 is 0 Å². The van der Waals surface area contributed by atoms with E-state index in [-0.39, 0.29) is 6.29 Å². The van der Waals surface area contributed by atoms with Gasteiger partial charge in [0.25, 0.3) is 0 Å². The maximum absolute atomic E-state index is 5.55. The second kappa shape index (κ2) is 7.77. The molecule has 1 aromatic carbocycles. The van der Waals surface area contributed by atoms with Crippen LogP contribution in [0.5, 0.6) is 0 Å². The zero-order valence-corrected chi connectivity index (χ0v) is 12.9. The number of benzene rings is 1. The van der Waals surface area contributed by atoms with E-state index in [0.717, 1.165) is 6.54 Å². The Balaban J connectivity index is 1.72. The second-order valence-electron chi connectivity index (χ2n) is 5.47. The highest BCUT2D eigenvalue weighted by Gasteiger charge is 2.31. The van der Waals surface area contributed by atoms with Gasteiger partial charge in [-0.2, -0.15) is 0 Å². The quantitative estimate of drug-likeness (QED) is 0.740. The van der Waals surface area contributed by atoms with Gasteiger partial charge in [0.05, 0.1) is 0 Å². The zero-order chi connectivity index (χ0) is 14.4. The van der Waals surface area contributed by atoms with Crippen LogP contribution in [0.4, 0.5) is 0 Å². The highest BCUT2D eigenvalue weighted by atomic mass is 16.7. The van der Waals surface area contributed by atoms with Gasteiger partial charge in [-0.3, -0.25) is 0 Å². The molecule has 0 saturated heterocycles. The summed E-state index contributed by atoms with van der Waals surface area (Å²) in [5.74, 6) is 0.714. The molecule has 1 aliphatic carbocycles. The lowest BCUT2D eigenvalue weighted by molar-refractivity contribution is -0.134. The van der Waals surface area contributed by atoms with Gasteiger partial charge in [-0.15, -0.1) is 0 Å². The first-order chi connectivity index (χ1) is 9.74. The third kappa shape index (κ3) is 4.05. The van der Waals surface area contributed by atoms with Gasteiger partial charge in [0.1, 0.15) is 0 Å². The fourth-order valence-corrected chi connectivity index (χ4v) is 2.88. The largest absolute Gasteiger partial charge is 0.352 e. The SMILES string of the molecule is CCOC(CNC1CC(c2ccccc2C)C1)OCC. The molecule has 3 heteroatoms. The van der Waals surface area contributed by atoms with Gasteiger partial charge in [-0.25, -0.2) is 0 Å². The first-order valence-corrected chi connectivity index (χ1v) is 7.76. The highest BCUT2D eigenvalue weighted by molar-refractivity contribution is 5.31. The molecule has 0 atom stereocenters. The Kier molecular flexibility index (Phi) is 6.02. The Hall–Kier alpha value is -0.900. The lowest BCUT2D eigenvalue weighted by Gasteiger charge is -2.37. The summed E-state index contributed by atoms with van der Waals surface area (Å²) >= 11 is 0. The van der Waals surface area contributed by atoms with Gasteiger partial charge in [-0.1, -0.05) is 24.3 Å². The molecule has 3 nitrogen and oxygen atoms in total. The molecule has 1 aliphatic rings. The van der Waals surface area contributed by atoms with Crippen LogP contribution in [-0.4, -0.2) is 32.1 Å². The fourth-order valence-electron chi connectivity index (χ4n) is 2.88. The van der Waals surface area contributed by atoms with Crippen LogP contribution < -0.4 is 5.32 Å². The van der Waals surface area contributed by atoms with Gasteiger partial charge in [0, 0.05) is 25.8 Å². The average molecular weight is 277 g/mol. The van der Waals surface area contributed by atoms with Crippen molar-refractivity contribution in [3.63, 3.8) is 0 Å². The van der Waals surface area contributed by atoms with Crippen LogP contribution in [0, 0.1) is 6.92 Å². The van der Waals surface area contributed by atoms with E-state index in [2.05, 4.69) is 36.5 Å². The number of rotatable bonds is 8. The van der Waals surface area contributed by atoms with Crippen molar-refractivity contribution in [2.24, 2.45) is 0 Å².